The quantitative estimate of drug-likeness (QED) is 0.451. The van der Waals surface area contributed by atoms with Crippen LogP contribution in [0.4, 0.5) is 15.9 Å². The van der Waals surface area contributed by atoms with Crippen LogP contribution in [0.5, 0.6) is 5.75 Å². The van der Waals surface area contributed by atoms with Gasteiger partial charge in [0.2, 0.25) is 5.89 Å². The number of nitrogens with zero attached hydrogens (tertiary/aromatic N) is 4. The van der Waals surface area contributed by atoms with E-state index >= 15 is 0 Å². The van der Waals surface area contributed by atoms with Crippen molar-refractivity contribution in [1.82, 2.24) is 20.0 Å². The fraction of sp³-hybridized carbons (Fsp3) is 0.143. The zero-order valence-electron chi connectivity index (χ0n) is 17.1. The molecule has 0 saturated heterocycles. The largest absolute Gasteiger partial charge is 0.497 e. The Morgan fingerprint density at radius 3 is 2.72 bits per heavy atom. The van der Waals surface area contributed by atoms with Crippen molar-refractivity contribution in [2.24, 2.45) is 0 Å². The predicted molar refractivity (Wildman–Crippen MR) is 116 cm³/mol. The number of halogens is 2. The van der Waals surface area contributed by atoms with Crippen molar-refractivity contribution >= 4 is 29.0 Å². The summed E-state index contributed by atoms with van der Waals surface area (Å²) in [5, 5.41) is 10.2. The van der Waals surface area contributed by atoms with Crippen molar-refractivity contribution < 1.29 is 18.3 Å². The fourth-order valence-corrected chi connectivity index (χ4v) is 3.12. The first-order chi connectivity index (χ1) is 15.4. The molecule has 2 heterocycles. The van der Waals surface area contributed by atoms with Gasteiger partial charge in [-0.05, 0) is 49.4 Å². The Hall–Kier alpha value is -3.92. The molecule has 0 unspecified atom stereocenters. The molecule has 11 heteroatoms. The zero-order valence-corrected chi connectivity index (χ0v) is 17.9. The number of nitrogens with one attached hydrogen (secondary N) is 1. The number of carbonyl (C=O) groups excluding carboxylic acids is 1. The number of rotatable bonds is 6. The highest BCUT2D eigenvalue weighted by Crippen LogP contribution is 2.25. The van der Waals surface area contributed by atoms with Gasteiger partial charge in [0.05, 0.1) is 18.7 Å². The zero-order chi connectivity index (χ0) is 22.8. The third-order valence-corrected chi connectivity index (χ3v) is 4.98. The molecule has 0 atom stereocenters. The standard InChI is InChI=1S/C21H18ClFN6O3/c1-11-17(26-21(32-11)12-3-6-14(31-2)7-4-12)10-29-19(24)18(27-28-29)20(30)25-13-5-8-16(23)15(22)9-13/h3-9H,10,24H2,1-2H3,(H,25,30). The Bertz CT molecular complexity index is 1290. The Kier molecular flexibility index (Phi) is 5.78. The lowest BCUT2D eigenvalue weighted by molar-refractivity contribution is 0.102. The van der Waals surface area contributed by atoms with Crippen molar-refractivity contribution in [2.45, 2.75) is 13.5 Å². The number of nitrogen functional groups attached to an aromatic ring is 1. The van der Waals surface area contributed by atoms with Crippen LogP contribution in [-0.2, 0) is 6.54 Å². The first-order valence-corrected chi connectivity index (χ1v) is 9.79. The van der Waals surface area contributed by atoms with Crippen LogP contribution in [-0.4, -0.2) is 33.0 Å². The summed E-state index contributed by atoms with van der Waals surface area (Å²) in [5.41, 5.74) is 7.66. The number of hydrogen-bond acceptors (Lipinski definition) is 7. The molecular weight excluding hydrogens is 439 g/mol. The normalized spacial score (nSPS) is 10.9. The van der Waals surface area contributed by atoms with Crippen LogP contribution in [0.3, 0.4) is 0 Å². The van der Waals surface area contributed by atoms with Crippen LogP contribution < -0.4 is 15.8 Å². The van der Waals surface area contributed by atoms with Crippen LogP contribution >= 0.6 is 11.6 Å². The third kappa shape index (κ3) is 4.26. The molecule has 0 aliphatic rings. The molecule has 0 radical (unpaired) electrons. The molecular formula is C21H18ClFN6O3. The maximum absolute atomic E-state index is 13.3. The monoisotopic (exact) mass is 456 g/mol. The molecule has 4 aromatic rings. The summed E-state index contributed by atoms with van der Waals surface area (Å²) >= 11 is 5.74. The number of anilines is 2. The summed E-state index contributed by atoms with van der Waals surface area (Å²) in [4.78, 5) is 17.0. The maximum atomic E-state index is 13.3. The van der Waals surface area contributed by atoms with E-state index in [4.69, 9.17) is 26.5 Å². The molecule has 0 aliphatic heterocycles. The summed E-state index contributed by atoms with van der Waals surface area (Å²) in [6.07, 6.45) is 0. The predicted octanol–water partition coefficient (Wildman–Crippen LogP) is 3.93. The van der Waals surface area contributed by atoms with Gasteiger partial charge >= 0.3 is 0 Å². The second kappa shape index (κ2) is 8.67. The molecule has 32 heavy (non-hydrogen) atoms. The molecule has 0 aliphatic carbocycles. The van der Waals surface area contributed by atoms with E-state index < -0.39 is 11.7 Å². The first-order valence-electron chi connectivity index (χ1n) is 9.41. The number of aromatic nitrogens is 4. The molecule has 2 aromatic carbocycles. The minimum atomic E-state index is -0.604. The number of ether oxygens (including phenoxy) is 1. The van der Waals surface area contributed by atoms with Gasteiger partial charge < -0.3 is 20.2 Å². The van der Waals surface area contributed by atoms with E-state index in [1.54, 1.807) is 14.0 Å². The van der Waals surface area contributed by atoms with Gasteiger partial charge in [0.15, 0.2) is 11.5 Å². The van der Waals surface area contributed by atoms with Crippen molar-refractivity contribution in [2.75, 3.05) is 18.2 Å². The third-order valence-electron chi connectivity index (χ3n) is 4.70. The summed E-state index contributed by atoms with van der Waals surface area (Å²) in [7, 11) is 1.59. The van der Waals surface area contributed by atoms with Gasteiger partial charge in [0, 0.05) is 11.3 Å². The van der Waals surface area contributed by atoms with Crippen LogP contribution in [0.25, 0.3) is 11.5 Å². The maximum Gasteiger partial charge on any atom is 0.280 e. The SMILES string of the molecule is COc1ccc(-c2nc(Cn3nnc(C(=O)Nc4ccc(F)c(Cl)c4)c3N)c(C)o2)cc1. The number of benzene rings is 2. The summed E-state index contributed by atoms with van der Waals surface area (Å²) < 4.78 is 25.6. The van der Waals surface area contributed by atoms with Gasteiger partial charge in [-0.3, -0.25) is 4.79 Å². The minimum absolute atomic E-state index is 0.0455. The van der Waals surface area contributed by atoms with Gasteiger partial charge in [-0.25, -0.2) is 14.1 Å². The van der Waals surface area contributed by atoms with E-state index in [9.17, 15) is 9.18 Å². The van der Waals surface area contributed by atoms with E-state index in [1.165, 1.54) is 16.8 Å². The molecule has 164 valence electrons. The molecule has 0 bridgehead atoms. The van der Waals surface area contributed by atoms with Crippen molar-refractivity contribution in [1.29, 1.82) is 0 Å². The second-order valence-electron chi connectivity index (χ2n) is 6.81. The van der Waals surface area contributed by atoms with Crippen molar-refractivity contribution in [3.8, 4) is 17.2 Å². The fourth-order valence-electron chi connectivity index (χ4n) is 2.94. The minimum Gasteiger partial charge on any atom is -0.497 e. The summed E-state index contributed by atoms with van der Waals surface area (Å²) in [6.45, 7) is 1.92. The molecule has 1 amide bonds. The van der Waals surface area contributed by atoms with E-state index in [0.29, 0.717) is 23.0 Å². The van der Waals surface area contributed by atoms with E-state index in [0.717, 1.165) is 17.4 Å². The Balaban J connectivity index is 1.51. The highest BCUT2D eigenvalue weighted by Gasteiger charge is 2.20. The Morgan fingerprint density at radius 1 is 1.28 bits per heavy atom. The summed E-state index contributed by atoms with van der Waals surface area (Å²) in [6, 6.07) is 11.1. The number of carbonyl (C=O) groups is 1. The number of amides is 1. The van der Waals surface area contributed by atoms with Crippen molar-refractivity contribution in [3.05, 3.63) is 70.5 Å². The van der Waals surface area contributed by atoms with Gasteiger partial charge in [-0.2, -0.15) is 0 Å². The van der Waals surface area contributed by atoms with Gasteiger partial charge in [-0.15, -0.1) is 5.10 Å². The van der Waals surface area contributed by atoms with Crippen LogP contribution in [0.15, 0.2) is 46.9 Å². The number of hydrogen-bond donors (Lipinski definition) is 2. The molecule has 0 fully saturated rings. The number of oxazole rings is 1. The Morgan fingerprint density at radius 2 is 2.03 bits per heavy atom. The van der Waals surface area contributed by atoms with Crippen LogP contribution in [0, 0.1) is 12.7 Å². The average Bonchev–Trinajstić information content (AvgIpc) is 3.33. The topological polar surface area (TPSA) is 121 Å². The molecule has 3 N–H and O–H groups in total. The Labute approximate surface area is 187 Å². The van der Waals surface area contributed by atoms with E-state index in [-0.39, 0.29) is 23.1 Å². The van der Waals surface area contributed by atoms with Crippen LogP contribution in [0.1, 0.15) is 21.9 Å². The number of aryl methyl sites for hydroxylation is 1. The first kappa shape index (κ1) is 21.3. The van der Waals surface area contributed by atoms with Crippen LogP contribution in [0.2, 0.25) is 5.02 Å². The smallest absolute Gasteiger partial charge is 0.280 e. The van der Waals surface area contributed by atoms with Crippen molar-refractivity contribution in [3.63, 3.8) is 0 Å². The van der Waals surface area contributed by atoms with Gasteiger partial charge in [0.1, 0.15) is 23.0 Å². The lowest BCUT2D eigenvalue weighted by Gasteiger charge is -2.05. The van der Waals surface area contributed by atoms with Gasteiger partial charge in [-0.1, -0.05) is 16.8 Å². The second-order valence-corrected chi connectivity index (χ2v) is 7.22. The molecule has 2 aromatic heterocycles. The highest BCUT2D eigenvalue weighted by atomic mass is 35.5. The lowest BCUT2D eigenvalue weighted by atomic mass is 10.2. The molecule has 0 saturated carbocycles. The number of nitrogens with two attached hydrogens (primary N) is 1. The molecule has 4 rings (SSSR count). The molecule has 0 spiro atoms. The average molecular weight is 457 g/mol. The van der Waals surface area contributed by atoms with E-state index in [2.05, 4.69) is 20.6 Å². The lowest BCUT2D eigenvalue weighted by Crippen LogP contribution is -2.15. The number of methoxy groups -OCH3 is 1. The van der Waals surface area contributed by atoms with Gasteiger partial charge in [0.25, 0.3) is 5.91 Å². The highest BCUT2D eigenvalue weighted by molar-refractivity contribution is 6.31. The van der Waals surface area contributed by atoms with E-state index in [1.807, 2.05) is 24.3 Å². The summed E-state index contributed by atoms with van der Waals surface area (Å²) in [5.74, 6) is 0.590. The molecule has 9 nitrogen and oxygen atoms in total.